The number of pyridine rings is 1. The highest BCUT2D eigenvalue weighted by Gasteiger charge is 2.51. The van der Waals surface area contributed by atoms with Gasteiger partial charge in [0.25, 0.3) is 5.56 Å². The van der Waals surface area contributed by atoms with E-state index < -0.39 is 24.1 Å². The number of allylic oxidation sites excluding steroid dienone is 2. The van der Waals surface area contributed by atoms with Gasteiger partial charge in [-0.3, -0.25) is 9.20 Å². The number of epoxide rings is 1. The van der Waals surface area contributed by atoms with Crippen molar-refractivity contribution in [2.75, 3.05) is 0 Å². The standard InChI is InChI=1S/C16H9F3N4O2/c17-16(18,19)8-4-5-10-21-12-11(13-15(25-13)23(10)7-8)20-9-3-1-2-6-22(9)14(12)24/h1-7,13,15H. The minimum atomic E-state index is -4.47. The highest BCUT2D eigenvalue weighted by molar-refractivity contribution is 5.98. The Labute approximate surface area is 138 Å². The lowest BCUT2D eigenvalue weighted by molar-refractivity contribution is -0.0892. The number of aliphatic imine (C=N–C) groups is 1. The van der Waals surface area contributed by atoms with Crippen molar-refractivity contribution in [3.63, 3.8) is 0 Å². The molecule has 0 N–H and O–H groups in total. The molecule has 5 heterocycles. The van der Waals surface area contributed by atoms with E-state index in [4.69, 9.17) is 4.74 Å². The topological polar surface area (TPSA) is 62.5 Å². The molecule has 0 amide bonds. The second-order valence-electron chi connectivity index (χ2n) is 5.82. The minimum absolute atomic E-state index is 0.0854. The highest BCUT2D eigenvalue weighted by atomic mass is 19.4. The van der Waals surface area contributed by atoms with Gasteiger partial charge in [0.2, 0.25) is 0 Å². The van der Waals surface area contributed by atoms with Crippen LogP contribution in [0.1, 0.15) is 11.8 Å². The third-order valence-electron chi connectivity index (χ3n) is 4.26. The zero-order chi connectivity index (χ0) is 17.3. The summed E-state index contributed by atoms with van der Waals surface area (Å²) >= 11 is 0. The molecule has 2 aromatic heterocycles. The molecule has 5 rings (SSSR count). The van der Waals surface area contributed by atoms with Crippen molar-refractivity contribution >= 4 is 17.2 Å². The summed E-state index contributed by atoms with van der Waals surface area (Å²) in [6, 6.07) is 5.10. The number of ether oxygens (including phenoxy) is 1. The van der Waals surface area contributed by atoms with Gasteiger partial charge < -0.3 is 9.64 Å². The van der Waals surface area contributed by atoms with Gasteiger partial charge in [-0.1, -0.05) is 6.07 Å². The van der Waals surface area contributed by atoms with Crippen LogP contribution in [0.5, 0.6) is 0 Å². The van der Waals surface area contributed by atoms with E-state index in [2.05, 4.69) is 9.98 Å². The molecular weight excluding hydrogens is 337 g/mol. The quantitative estimate of drug-likeness (QED) is 0.688. The number of hydrogen-bond donors (Lipinski definition) is 0. The fraction of sp³-hybridized carbons (Fsp3) is 0.188. The van der Waals surface area contributed by atoms with Crippen molar-refractivity contribution in [1.82, 2.24) is 14.3 Å². The summed E-state index contributed by atoms with van der Waals surface area (Å²) < 4.78 is 45.8. The van der Waals surface area contributed by atoms with Crippen molar-refractivity contribution in [2.24, 2.45) is 4.99 Å². The summed E-state index contributed by atoms with van der Waals surface area (Å²) in [5.41, 5.74) is -0.326. The monoisotopic (exact) mass is 346 g/mol. The highest BCUT2D eigenvalue weighted by Crippen LogP contribution is 2.47. The average molecular weight is 346 g/mol. The number of alkyl halides is 3. The van der Waals surface area contributed by atoms with Gasteiger partial charge in [0.05, 0.1) is 5.57 Å². The van der Waals surface area contributed by atoms with E-state index in [-0.39, 0.29) is 17.1 Å². The molecule has 25 heavy (non-hydrogen) atoms. The molecule has 0 saturated carbocycles. The predicted molar refractivity (Wildman–Crippen MR) is 81.3 cm³/mol. The lowest BCUT2D eigenvalue weighted by Gasteiger charge is -2.23. The first-order valence-electron chi connectivity index (χ1n) is 7.44. The fourth-order valence-corrected chi connectivity index (χ4v) is 3.01. The van der Waals surface area contributed by atoms with Crippen LogP contribution >= 0.6 is 0 Å². The predicted octanol–water partition coefficient (Wildman–Crippen LogP) is 2.45. The van der Waals surface area contributed by atoms with E-state index >= 15 is 0 Å². The molecule has 0 spiro atoms. The minimum Gasteiger partial charge on any atom is -0.340 e. The SMILES string of the molecule is O=c1c2c(nc3ccccn13)C1OC1N1C=C(C(F)(F)F)C=CC1=N2. The molecule has 0 radical (unpaired) electrons. The third kappa shape index (κ3) is 2.05. The van der Waals surface area contributed by atoms with Crippen LogP contribution in [0.25, 0.3) is 5.65 Å². The molecule has 0 aromatic carbocycles. The van der Waals surface area contributed by atoms with Crippen molar-refractivity contribution < 1.29 is 17.9 Å². The summed E-state index contributed by atoms with van der Waals surface area (Å²) in [6.07, 6.45) is -1.03. The molecule has 2 aromatic rings. The maximum atomic E-state index is 13.0. The first-order valence-corrected chi connectivity index (χ1v) is 7.44. The second kappa shape index (κ2) is 4.57. The zero-order valence-electron chi connectivity index (χ0n) is 12.4. The second-order valence-corrected chi connectivity index (χ2v) is 5.82. The Hall–Kier alpha value is -2.94. The van der Waals surface area contributed by atoms with Gasteiger partial charge in [-0.25, -0.2) is 9.98 Å². The van der Waals surface area contributed by atoms with E-state index in [1.807, 2.05) is 0 Å². The molecule has 0 aliphatic carbocycles. The fourth-order valence-electron chi connectivity index (χ4n) is 3.01. The summed E-state index contributed by atoms with van der Waals surface area (Å²) in [7, 11) is 0. The van der Waals surface area contributed by atoms with Crippen LogP contribution in [-0.2, 0) is 4.74 Å². The Morgan fingerprint density at radius 1 is 1.20 bits per heavy atom. The molecule has 3 aliphatic heterocycles. The van der Waals surface area contributed by atoms with Crippen LogP contribution in [0, 0.1) is 0 Å². The number of halogens is 3. The number of hydrogen-bond acceptors (Lipinski definition) is 5. The lowest BCUT2D eigenvalue weighted by Crippen LogP contribution is -2.31. The van der Waals surface area contributed by atoms with Crippen LogP contribution in [0.15, 0.2) is 58.1 Å². The van der Waals surface area contributed by atoms with Crippen LogP contribution in [0.3, 0.4) is 0 Å². The number of rotatable bonds is 0. The Morgan fingerprint density at radius 2 is 2.04 bits per heavy atom. The normalized spacial score (nSPS) is 24.0. The number of fused-ring (bicyclic) bond motifs is 6. The molecule has 126 valence electrons. The molecule has 6 nitrogen and oxygen atoms in total. The van der Waals surface area contributed by atoms with Crippen LogP contribution in [-0.4, -0.2) is 32.5 Å². The summed E-state index contributed by atoms with van der Waals surface area (Å²) in [4.78, 5) is 22.7. The first-order chi connectivity index (χ1) is 11.9. The molecule has 0 bridgehead atoms. The van der Waals surface area contributed by atoms with Gasteiger partial charge >= 0.3 is 6.18 Å². The van der Waals surface area contributed by atoms with Crippen molar-refractivity contribution in [2.45, 2.75) is 18.5 Å². The molecule has 9 heteroatoms. The maximum Gasteiger partial charge on any atom is 0.417 e. The molecule has 2 atom stereocenters. The van der Waals surface area contributed by atoms with Crippen LogP contribution in [0.2, 0.25) is 0 Å². The summed E-state index contributed by atoms with van der Waals surface area (Å²) in [5.74, 6) is 0.217. The van der Waals surface area contributed by atoms with Gasteiger partial charge in [-0.05, 0) is 24.3 Å². The van der Waals surface area contributed by atoms with E-state index in [9.17, 15) is 18.0 Å². The van der Waals surface area contributed by atoms with E-state index in [0.717, 1.165) is 12.3 Å². The number of amidine groups is 1. The first kappa shape index (κ1) is 14.4. The molecule has 3 aliphatic rings. The summed E-state index contributed by atoms with van der Waals surface area (Å²) in [5, 5.41) is 0. The average Bonchev–Trinajstić information content (AvgIpc) is 3.37. The third-order valence-corrected chi connectivity index (χ3v) is 4.26. The van der Waals surface area contributed by atoms with Crippen molar-refractivity contribution in [3.8, 4) is 0 Å². The maximum absolute atomic E-state index is 13.0. The van der Waals surface area contributed by atoms with Gasteiger partial charge in [-0.2, -0.15) is 13.2 Å². The van der Waals surface area contributed by atoms with E-state index in [1.54, 1.807) is 24.4 Å². The molecule has 2 unspecified atom stereocenters. The Balaban J connectivity index is 1.71. The zero-order valence-corrected chi connectivity index (χ0v) is 12.4. The van der Waals surface area contributed by atoms with Crippen molar-refractivity contribution in [3.05, 3.63) is 64.4 Å². The smallest absolute Gasteiger partial charge is 0.340 e. The molecular formula is C16H9F3N4O2. The van der Waals surface area contributed by atoms with Gasteiger partial charge in [0.15, 0.2) is 11.9 Å². The number of aromatic nitrogens is 2. The van der Waals surface area contributed by atoms with Crippen molar-refractivity contribution in [1.29, 1.82) is 0 Å². The van der Waals surface area contributed by atoms with E-state index in [1.165, 1.54) is 15.4 Å². The molecule has 1 saturated heterocycles. The van der Waals surface area contributed by atoms with Gasteiger partial charge in [-0.15, -0.1) is 0 Å². The molecule has 1 fully saturated rings. The van der Waals surface area contributed by atoms with Gasteiger partial charge in [0, 0.05) is 12.4 Å². The van der Waals surface area contributed by atoms with Crippen LogP contribution < -0.4 is 5.56 Å². The Bertz CT molecular complexity index is 1070. The Kier molecular flexibility index (Phi) is 2.63. The van der Waals surface area contributed by atoms with Crippen LogP contribution in [0.4, 0.5) is 18.9 Å². The lowest BCUT2D eigenvalue weighted by atomic mass is 10.2. The Morgan fingerprint density at radius 3 is 2.84 bits per heavy atom. The van der Waals surface area contributed by atoms with E-state index in [0.29, 0.717) is 11.3 Å². The van der Waals surface area contributed by atoms with Gasteiger partial charge in [0.1, 0.15) is 23.3 Å². The largest absolute Gasteiger partial charge is 0.417 e. The summed E-state index contributed by atoms with van der Waals surface area (Å²) in [6.45, 7) is 0. The number of nitrogens with zero attached hydrogens (tertiary/aromatic N) is 4.